The zero-order valence-electron chi connectivity index (χ0n) is 17.4. The highest BCUT2D eigenvalue weighted by Gasteiger charge is 2.40. The maximum absolute atomic E-state index is 14.1. The summed E-state index contributed by atoms with van der Waals surface area (Å²) in [6, 6.07) is 16.6. The van der Waals surface area contributed by atoms with Crippen molar-refractivity contribution < 1.29 is 14.0 Å². The van der Waals surface area contributed by atoms with Gasteiger partial charge in [-0.1, -0.05) is 30.3 Å². The molecule has 5 rings (SSSR count). The van der Waals surface area contributed by atoms with Crippen molar-refractivity contribution in [2.24, 2.45) is 0 Å². The van der Waals surface area contributed by atoms with E-state index >= 15 is 0 Å². The molecule has 158 valence electrons. The minimum absolute atomic E-state index is 0.153. The van der Waals surface area contributed by atoms with E-state index in [1.54, 1.807) is 62.4 Å². The van der Waals surface area contributed by atoms with Crippen molar-refractivity contribution in [3.8, 4) is 11.1 Å². The van der Waals surface area contributed by atoms with Crippen LogP contribution in [0.5, 0.6) is 0 Å². The highest BCUT2D eigenvalue weighted by Crippen LogP contribution is 2.34. The van der Waals surface area contributed by atoms with Gasteiger partial charge in [-0.25, -0.2) is 9.37 Å². The minimum Gasteiger partial charge on any atom is -0.269 e. The average molecular weight is 427 g/mol. The number of aromatic nitrogens is 2. The van der Waals surface area contributed by atoms with Crippen LogP contribution >= 0.6 is 0 Å². The summed E-state index contributed by atoms with van der Waals surface area (Å²) in [5.74, 6) is -1.40. The second-order valence-electron chi connectivity index (χ2n) is 7.75. The molecule has 0 bridgehead atoms. The molecular weight excluding hydrogens is 409 g/mol. The van der Waals surface area contributed by atoms with Crippen molar-refractivity contribution in [2.75, 3.05) is 0 Å². The van der Waals surface area contributed by atoms with Crippen LogP contribution in [-0.4, -0.2) is 26.1 Å². The SMILES string of the molecule is Cc1cccc2nc(C(C)N3C(=O)c4ccccc4C3=O)c(-c3cccc(F)c3)c(=O)n12. The maximum atomic E-state index is 14.1. The number of benzene rings is 2. The predicted molar refractivity (Wildman–Crippen MR) is 117 cm³/mol. The average Bonchev–Trinajstić information content (AvgIpc) is 3.03. The number of imide groups is 1. The Bertz CT molecular complexity index is 1460. The van der Waals surface area contributed by atoms with Gasteiger partial charge in [-0.15, -0.1) is 0 Å². The number of nitrogens with zero attached hydrogens (tertiary/aromatic N) is 3. The van der Waals surface area contributed by atoms with Gasteiger partial charge in [0.25, 0.3) is 17.4 Å². The van der Waals surface area contributed by atoms with Gasteiger partial charge < -0.3 is 0 Å². The molecule has 6 nitrogen and oxygen atoms in total. The normalized spacial score (nSPS) is 14.2. The molecule has 32 heavy (non-hydrogen) atoms. The highest BCUT2D eigenvalue weighted by molar-refractivity contribution is 6.21. The van der Waals surface area contributed by atoms with Crippen LogP contribution in [0.3, 0.4) is 0 Å². The minimum atomic E-state index is -0.848. The summed E-state index contributed by atoms with van der Waals surface area (Å²) in [4.78, 5) is 45.5. The first-order chi connectivity index (χ1) is 15.4. The van der Waals surface area contributed by atoms with Crippen molar-refractivity contribution in [1.29, 1.82) is 0 Å². The summed E-state index contributed by atoms with van der Waals surface area (Å²) in [7, 11) is 0. The van der Waals surface area contributed by atoms with E-state index < -0.39 is 29.2 Å². The zero-order valence-corrected chi connectivity index (χ0v) is 17.4. The van der Waals surface area contributed by atoms with E-state index in [1.165, 1.54) is 22.6 Å². The second-order valence-corrected chi connectivity index (χ2v) is 7.75. The molecule has 2 aromatic carbocycles. The fourth-order valence-corrected chi connectivity index (χ4v) is 4.25. The standard InChI is InChI=1S/C25H18FN3O3/c1-14-7-5-12-20-27-22(21(25(32)28(14)20)16-8-6-9-17(26)13-16)15(2)29-23(30)18-10-3-4-11-19(18)24(29)31/h3-13,15H,1-2H3. The summed E-state index contributed by atoms with van der Waals surface area (Å²) < 4.78 is 15.5. The first-order valence-electron chi connectivity index (χ1n) is 10.1. The number of hydrogen-bond donors (Lipinski definition) is 0. The summed E-state index contributed by atoms with van der Waals surface area (Å²) in [6.45, 7) is 3.43. The lowest BCUT2D eigenvalue weighted by atomic mass is 10.0. The van der Waals surface area contributed by atoms with Gasteiger partial charge in [0.2, 0.25) is 0 Å². The molecular formula is C25H18FN3O3. The van der Waals surface area contributed by atoms with Gasteiger partial charge in [-0.05, 0) is 55.8 Å². The van der Waals surface area contributed by atoms with E-state index in [0.29, 0.717) is 28.0 Å². The fourth-order valence-electron chi connectivity index (χ4n) is 4.25. The van der Waals surface area contributed by atoms with Crippen molar-refractivity contribution in [3.05, 3.63) is 105 Å². The Hall–Kier alpha value is -4.13. The Kier molecular flexibility index (Phi) is 4.48. The largest absolute Gasteiger partial charge is 0.269 e. The maximum Gasteiger partial charge on any atom is 0.266 e. The van der Waals surface area contributed by atoms with Crippen LogP contribution in [0.4, 0.5) is 4.39 Å². The van der Waals surface area contributed by atoms with Crippen LogP contribution in [-0.2, 0) is 0 Å². The molecule has 0 saturated heterocycles. The van der Waals surface area contributed by atoms with E-state index in [4.69, 9.17) is 0 Å². The highest BCUT2D eigenvalue weighted by atomic mass is 19.1. The molecule has 0 N–H and O–H groups in total. The van der Waals surface area contributed by atoms with Gasteiger partial charge in [0.15, 0.2) is 0 Å². The van der Waals surface area contributed by atoms with E-state index in [9.17, 15) is 18.8 Å². The van der Waals surface area contributed by atoms with Gasteiger partial charge in [0.1, 0.15) is 11.5 Å². The molecule has 0 aliphatic carbocycles. The summed E-state index contributed by atoms with van der Waals surface area (Å²) in [6.07, 6.45) is 0. The molecule has 1 aliphatic heterocycles. The topological polar surface area (TPSA) is 71.8 Å². The molecule has 0 fully saturated rings. The van der Waals surface area contributed by atoms with Crippen LogP contribution < -0.4 is 5.56 Å². The molecule has 2 amide bonds. The van der Waals surface area contributed by atoms with Crippen LogP contribution in [0.1, 0.15) is 45.1 Å². The first kappa shape index (κ1) is 19.8. The zero-order chi connectivity index (χ0) is 22.6. The number of hydrogen-bond acceptors (Lipinski definition) is 4. The molecule has 3 heterocycles. The number of rotatable bonds is 3. The Labute approximate surface area is 182 Å². The number of carbonyl (C=O) groups excluding carboxylic acids is 2. The number of fused-ring (bicyclic) bond motifs is 2. The molecule has 4 aromatic rings. The van der Waals surface area contributed by atoms with Crippen molar-refractivity contribution in [3.63, 3.8) is 0 Å². The Morgan fingerprint density at radius 3 is 2.19 bits per heavy atom. The number of halogens is 1. The third-order valence-corrected chi connectivity index (χ3v) is 5.79. The number of amides is 2. The van der Waals surface area contributed by atoms with Crippen LogP contribution in [0.15, 0.2) is 71.5 Å². The van der Waals surface area contributed by atoms with Gasteiger partial charge in [0, 0.05) is 5.69 Å². The Morgan fingerprint density at radius 2 is 1.53 bits per heavy atom. The lowest BCUT2D eigenvalue weighted by Crippen LogP contribution is -2.35. The van der Waals surface area contributed by atoms with E-state index in [1.807, 2.05) is 0 Å². The van der Waals surface area contributed by atoms with E-state index in [0.717, 1.165) is 4.90 Å². The molecule has 1 aliphatic rings. The van der Waals surface area contributed by atoms with E-state index in [-0.39, 0.29) is 11.3 Å². The van der Waals surface area contributed by atoms with Gasteiger partial charge in [-0.2, -0.15) is 0 Å². The first-order valence-corrected chi connectivity index (χ1v) is 10.1. The van der Waals surface area contributed by atoms with Gasteiger partial charge in [0.05, 0.1) is 28.4 Å². The number of carbonyl (C=O) groups is 2. The second kappa shape index (κ2) is 7.23. The number of pyridine rings is 1. The summed E-state index contributed by atoms with van der Waals surface area (Å²) in [5, 5.41) is 0. The third-order valence-electron chi connectivity index (χ3n) is 5.79. The fraction of sp³-hybridized carbons (Fsp3) is 0.120. The van der Waals surface area contributed by atoms with Crippen molar-refractivity contribution in [2.45, 2.75) is 19.9 Å². The molecule has 1 unspecified atom stereocenters. The lowest BCUT2D eigenvalue weighted by Gasteiger charge is -2.24. The molecule has 7 heteroatoms. The summed E-state index contributed by atoms with van der Waals surface area (Å²) in [5.41, 5.74) is 2.00. The predicted octanol–water partition coefficient (Wildman–Crippen LogP) is 4.17. The Morgan fingerprint density at radius 1 is 0.875 bits per heavy atom. The van der Waals surface area contributed by atoms with E-state index in [2.05, 4.69) is 4.98 Å². The molecule has 0 saturated carbocycles. The van der Waals surface area contributed by atoms with Crippen LogP contribution in [0.25, 0.3) is 16.8 Å². The summed E-state index contributed by atoms with van der Waals surface area (Å²) >= 11 is 0. The van der Waals surface area contributed by atoms with Gasteiger partial charge >= 0.3 is 0 Å². The molecule has 0 radical (unpaired) electrons. The molecule has 2 aromatic heterocycles. The smallest absolute Gasteiger partial charge is 0.266 e. The van der Waals surface area contributed by atoms with Crippen LogP contribution in [0, 0.1) is 12.7 Å². The monoisotopic (exact) mass is 427 g/mol. The lowest BCUT2D eigenvalue weighted by molar-refractivity contribution is 0.0592. The molecule has 0 spiro atoms. The number of aryl methyl sites for hydroxylation is 1. The van der Waals surface area contributed by atoms with Gasteiger partial charge in [-0.3, -0.25) is 23.7 Å². The van der Waals surface area contributed by atoms with Crippen molar-refractivity contribution in [1.82, 2.24) is 14.3 Å². The van der Waals surface area contributed by atoms with Crippen molar-refractivity contribution >= 4 is 17.5 Å². The third kappa shape index (κ3) is 2.85. The Balaban J connectivity index is 1.77. The molecule has 1 atom stereocenters. The quantitative estimate of drug-likeness (QED) is 0.460. The van der Waals surface area contributed by atoms with Crippen LogP contribution in [0.2, 0.25) is 0 Å².